The van der Waals surface area contributed by atoms with Gasteiger partial charge in [-0.25, -0.2) is 0 Å². The molecule has 0 radical (unpaired) electrons. The number of nitrogens with zero attached hydrogens (tertiary/aromatic N) is 1. The summed E-state index contributed by atoms with van der Waals surface area (Å²) in [6.07, 6.45) is 2.81. The van der Waals surface area contributed by atoms with Crippen LogP contribution in [-0.4, -0.2) is 41.6 Å². The molecule has 2 saturated heterocycles. The Labute approximate surface area is 90.8 Å². The third kappa shape index (κ3) is 2.01. The zero-order valence-electron chi connectivity index (χ0n) is 9.53. The Morgan fingerprint density at radius 1 is 1.53 bits per heavy atom. The fourth-order valence-electron chi connectivity index (χ4n) is 2.28. The van der Waals surface area contributed by atoms with Crippen LogP contribution in [0.2, 0.25) is 0 Å². The second-order valence-corrected chi connectivity index (χ2v) is 4.92. The molecule has 2 fully saturated rings. The van der Waals surface area contributed by atoms with Gasteiger partial charge in [0.2, 0.25) is 0 Å². The van der Waals surface area contributed by atoms with E-state index in [1.54, 1.807) is 0 Å². The minimum absolute atomic E-state index is 0.133. The van der Waals surface area contributed by atoms with Crippen molar-refractivity contribution in [3.8, 4) is 0 Å². The van der Waals surface area contributed by atoms with Gasteiger partial charge in [0.1, 0.15) is 6.10 Å². The summed E-state index contributed by atoms with van der Waals surface area (Å²) in [6, 6.07) is 0. The molecule has 4 nitrogen and oxygen atoms in total. The molecular weight excluding hydrogens is 192 g/mol. The predicted molar refractivity (Wildman–Crippen MR) is 57.4 cm³/mol. The number of ether oxygens (including phenoxy) is 1. The maximum atomic E-state index is 11.9. The van der Waals surface area contributed by atoms with Crippen LogP contribution in [0.15, 0.2) is 0 Å². The van der Waals surface area contributed by atoms with Gasteiger partial charge in [0.15, 0.2) is 0 Å². The molecule has 2 heterocycles. The molecular formula is C11H20N2O2. The summed E-state index contributed by atoms with van der Waals surface area (Å²) in [5, 5.41) is 0. The van der Waals surface area contributed by atoms with Crippen LogP contribution in [0, 0.1) is 0 Å². The number of likely N-dealkylation sites (tertiary alicyclic amines) is 1. The Bertz CT molecular complexity index is 261. The molecule has 15 heavy (non-hydrogen) atoms. The van der Waals surface area contributed by atoms with E-state index in [1.165, 1.54) is 0 Å². The van der Waals surface area contributed by atoms with Gasteiger partial charge in [-0.05, 0) is 26.2 Å². The lowest BCUT2D eigenvalue weighted by Crippen LogP contribution is -2.69. The lowest BCUT2D eigenvalue weighted by atomic mass is 9.88. The van der Waals surface area contributed by atoms with Gasteiger partial charge in [-0.1, -0.05) is 6.92 Å². The first-order valence-electron chi connectivity index (χ1n) is 5.77. The summed E-state index contributed by atoms with van der Waals surface area (Å²) >= 11 is 0. The van der Waals surface area contributed by atoms with Gasteiger partial charge >= 0.3 is 0 Å². The average molecular weight is 212 g/mol. The SMILES string of the molecule is CCC1(N)CN(C(=O)C2CCC(C)O2)C1. The molecule has 1 amide bonds. The molecule has 0 aromatic carbocycles. The van der Waals surface area contributed by atoms with Gasteiger partial charge in [0, 0.05) is 13.1 Å². The summed E-state index contributed by atoms with van der Waals surface area (Å²) in [7, 11) is 0. The van der Waals surface area contributed by atoms with Crippen LogP contribution in [0.3, 0.4) is 0 Å². The van der Waals surface area contributed by atoms with Gasteiger partial charge in [-0.2, -0.15) is 0 Å². The van der Waals surface area contributed by atoms with Crippen LogP contribution in [0.1, 0.15) is 33.1 Å². The first kappa shape index (κ1) is 10.9. The molecule has 0 bridgehead atoms. The molecule has 0 aliphatic carbocycles. The minimum Gasteiger partial charge on any atom is -0.365 e. The number of carbonyl (C=O) groups is 1. The van der Waals surface area contributed by atoms with Crippen molar-refractivity contribution in [2.24, 2.45) is 5.73 Å². The molecule has 2 N–H and O–H groups in total. The van der Waals surface area contributed by atoms with Crippen LogP contribution >= 0.6 is 0 Å². The largest absolute Gasteiger partial charge is 0.365 e. The maximum Gasteiger partial charge on any atom is 0.251 e. The van der Waals surface area contributed by atoms with Crippen LogP contribution in [0.25, 0.3) is 0 Å². The van der Waals surface area contributed by atoms with E-state index < -0.39 is 0 Å². The molecule has 0 spiro atoms. The van der Waals surface area contributed by atoms with Crippen molar-refractivity contribution in [2.75, 3.05) is 13.1 Å². The van der Waals surface area contributed by atoms with Gasteiger partial charge in [-0.15, -0.1) is 0 Å². The number of nitrogens with two attached hydrogens (primary N) is 1. The van der Waals surface area contributed by atoms with Crippen LogP contribution in [-0.2, 0) is 9.53 Å². The van der Waals surface area contributed by atoms with Crippen molar-refractivity contribution in [1.82, 2.24) is 4.90 Å². The summed E-state index contributed by atoms with van der Waals surface area (Å²) in [6.45, 7) is 5.46. The first-order valence-corrected chi connectivity index (χ1v) is 5.77. The second kappa shape index (κ2) is 3.76. The van der Waals surface area contributed by atoms with E-state index in [9.17, 15) is 4.79 Å². The molecule has 0 aromatic rings. The molecule has 4 heteroatoms. The van der Waals surface area contributed by atoms with E-state index in [1.807, 2.05) is 11.8 Å². The highest BCUT2D eigenvalue weighted by Gasteiger charge is 2.43. The standard InChI is InChI=1S/C11H20N2O2/c1-3-11(12)6-13(7-11)10(14)9-5-4-8(2)15-9/h8-9H,3-7,12H2,1-2H3. The Balaban J connectivity index is 1.84. The molecule has 2 atom stereocenters. The Morgan fingerprint density at radius 2 is 2.20 bits per heavy atom. The van der Waals surface area contributed by atoms with E-state index >= 15 is 0 Å². The number of hydrogen-bond donors (Lipinski definition) is 1. The first-order chi connectivity index (χ1) is 7.04. The third-order valence-electron chi connectivity index (χ3n) is 3.53. The van der Waals surface area contributed by atoms with Crippen LogP contribution in [0.5, 0.6) is 0 Å². The fourth-order valence-corrected chi connectivity index (χ4v) is 2.28. The Kier molecular flexibility index (Phi) is 2.73. The predicted octanol–water partition coefficient (Wildman–Crippen LogP) is 0.504. The highest BCUT2D eigenvalue weighted by Crippen LogP contribution is 2.26. The van der Waals surface area contributed by atoms with Crippen molar-refractivity contribution in [2.45, 2.75) is 50.9 Å². The normalized spacial score (nSPS) is 33.9. The molecule has 2 aliphatic rings. The highest BCUT2D eigenvalue weighted by molar-refractivity contribution is 5.82. The molecule has 0 saturated carbocycles. The van der Waals surface area contributed by atoms with E-state index in [4.69, 9.17) is 10.5 Å². The zero-order valence-corrected chi connectivity index (χ0v) is 9.53. The molecule has 0 aromatic heterocycles. The summed E-state index contributed by atoms with van der Waals surface area (Å²) in [5.41, 5.74) is 5.88. The van der Waals surface area contributed by atoms with E-state index in [2.05, 4.69) is 6.92 Å². The highest BCUT2D eigenvalue weighted by atomic mass is 16.5. The van der Waals surface area contributed by atoms with Crippen molar-refractivity contribution in [1.29, 1.82) is 0 Å². The lowest BCUT2D eigenvalue weighted by Gasteiger charge is -2.48. The fraction of sp³-hybridized carbons (Fsp3) is 0.909. The number of hydrogen-bond acceptors (Lipinski definition) is 3. The van der Waals surface area contributed by atoms with Crippen LogP contribution < -0.4 is 5.73 Å². The van der Waals surface area contributed by atoms with E-state index in [0.717, 1.165) is 19.3 Å². The average Bonchev–Trinajstić information content (AvgIpc) is 2.59. The van der Waals surface area contributed by atoms with Gasteiger partial charge < -0.3 is 15.4 Å². The van der Waals surface area contributed by atoms with E-state index in [-0.39, 0.29) is 23.7 Å². The monoisotopic (exact) mass is 212 g/mol. The van der Waals surface area contributed by atoms with Gasteiger partial charge in [0.25, 0.3) is 5.91 Å². The summed E-state index contributed by atoms with van der Waals surface area (Å²) in [4.78, 5) is 13.7. The molecule has 86 valence electrons. The van der Waals surface area contributed by atoms with Gasteiger partial charge in [-0.3, -0.25) is 4.79 Å². The number of rotatable bonds is 2. The van der Waals surface area contributed by atoms with Crippen molar-refractivity contribution in [3.05, 3.63) is 0 Å². The molecule has 2 aliphatic heterocycles. The lowest BCUT2D eigenvalue weighted by molar-refractivity contribution is -0.150. The van der Waals surface area contributed by atoms with Crippen molar-refractivity contribution in [3.63, 3.8) is 0 Å². The minimum atomic E-state index is -0.207. The molecule has 2 rings (SSSR count). The van der Waals surface area contributed by atoms with Crippen LogP contribution in [0.4, 0.5) is 0 Å². The zero-order chi connectivity index (χ0) is 11.1. The summed E-state index contributed by atoms with van der Waals surface area (Å²) < 4.78 is 5.55. The quantitative estimate of drug-likeness (QED) is 0.725. The van der Waals surface area contributed by atoms with Crippen molar-refractivity contribution < 1.29 is 9.53 Å². The van der Waals surface area contributed by atoms with E-state index in [0.29, 0.717) is 13.1 Å². The third-order valence-corrected chi connectivity index (χ3v) is 3.53. The second-order valence-electron chi connectivity index (χ2n) is 4.92. The maximum absolute atomic E-state index is 11.9. The smallest absolute Gasteiger partial charge is 0.251 e. The van der Waals surface area contributed by atoms with Crippen molar-refractivity contribution >= 4 is 5.91 Å². The molecule has 2 unspecified atom stereocenters. The number of carbonyl (C=O) groups excluding carboxylic acids is 1. The number of amides is 1. The van der Waals surface area contributed by atoms with Gasteiger partial charge in [0.05, 0.1) is 11.6 Å². The Morgan fingerprint density at radius 3 is 2.67 bits per heavy atom. The Hall–Kier alpha value is -0.610. The summed E-state index contributed by atoms with van der Waals surface area (Å²) in [5.74, 6) is 0.133. The topological polar surface area (TPSA) is 55.6 Å².